The topological polar surface area (TPSA) is 28.2 Å². The van der Waals surface area contributed by atoms with E-state index >= 15 is 0 Å². The maximum Gasteiger partial charge on any atom is 0.131 e. The summed E-state index contributed by atoms with van der Waals surface area (Å²) in [6.07, 6.45) is 5.73. The Balaban J connectivity index is 1.99. The van der Waals surface area contributed by atoms with E-state index in [0.29, 0.717) is 6.04 Å². The molecule has 19 heavy (non-hydrogen) atoms. The average molecular weight is 261 g/mol. The number of hydrogen-bond acceptors (Lipinski definition) is 3. The minimum absolute atomic E-state index is 0.603. The van der Waals surface area contributed by atoms with Crippen molar-refractivity contribution in [3.63, 3.8) is 0 Å². The fourth-order valence-electron chi connectivity index (χ4n) is 2.96. The predicted molar refractivity (Wildman–Crippen MR) is 81.7 cm³/mol. The summed E-state index contributed by atoms with van der Waals surface area (Å²) in [4.78, 5) is 7.03. The lowest BCUT2D eigenvalue weighted by Gasteiger charge is -2.37. The van der Waals surface area contributed by atoms with E-state index in [1.54, 1.807) is 0 Å². The van der Waals surface area contributed by atoms with Gasteiger partial charge in [-0.2, -0.15) is 0 Å². The molecule has 3 heteroatoms. The zero-order valence-corrected chi connectivity index (χ0v) is 12.5. The molecule has 1 aliphatic heterocycles. The summed E-state index contributed by atoms with van der Waals surface area (Å²) in [5.41, 5.74) is 1.29. The molecule has 0 aromatic carbocycles. The molecule has 1 fully saturated rings. The number of anilines is 1. The number of rotatable bonds is 5. The van der Waals surface area contributed by atoms with Crippen LogP contribution in [0.5, 0.6) is 0 Å². The van der Waals surface area contributed by atoms with Crippen molar-refractivity contribution in [2.45, 2.75) is 46.1 Å². The number of nitrogens with one attached hydrogen (secondary N) is 1. The zero-order valence-electron chi connectivity index (χ0n) is 12.5. The van der Waals surface area contributed by atoms with Crippen LogP contribution in [0.4, 0.5) is 5.82 Å². The van der Waals surface area contributed by atoms with E-state index in [2.05, 4.69) is 42.0 Å². The van der Waals surface area contributed by atoms with E-state index in [1.807, 2.05) is 12.3 Å². The van der Waals surface area contributed by atoms with Crippen molar-refractivity contribution in [3.05, 3.63) is 23.9 Å². The smallest absolute Gasteiger partial charge is 0.131 e. The van der Waals surface area contributed by atoms with Crippen molar-refractivity contribution in [2.75, 3.05) is 24.5 Å². The van der Waals surface area contributed by atoms with Gasteiger partial charge >= 0.3 is 0 Å². The summed E-state index contributed by atoms with van der Waals surface area (Å²) in [6, 6.07) is 4.78. The highest BCUT2D eigenvalue weighted by Gasteiger charge is 2.25. The Bertz CT molecular complexity index is 391. The number of hydrogen-bond donors (Lipinski definition) is 1. The summed E-state index contributed by atoms with van der Waals surface area (Å²) < 4.78 is 0. The Hall–Kier alpha value is -1.09. The molecule has 1 aromatic heterocycles. The highest BCUT2D eigenvalue weighted by atomic mass is 15.2. The van der Waals surface area contributed by atoms with Crippen molar-refractivity contribution in [2.24, 2.45) is 5.92 Å². The Morgan fingerprint density at radius 3 is 3.11 bits per heavy atom. The van der Waals surface area contributed by atoms with Gasteiger partial charge in [0.1, 0.15) is 5.82 Å². The third-order valence-electron chi connectivity index (χ3n) is 4.16. The van der Waals surface area contributed by atoms with Crippen molar-refractivity contribution in [1.82, 2.24) is 10.3 Å². The molecule has 3 nitrogen and oxygen atoms in total. The van der Waals surface area contributed by atoms with E-state index in [9.17, 15) is 0 Å². The van der Waals surface area contributed by atoms with Gasteiger partial charge in [-0.1, -0.05) is 13.0 Å². The zero-order chi connectivity index (χ0) is 13.7. The van der Waals surface area contributed by atoms with Crippen LogP contribution in [0.25, 0.3) is 0 Å². The molecule has 1 aromatic rings. The predicted octanol–water partition coefficient (Wildman–Crippen LogP) is 2.99. The third kappa shape index (κ3) is 3.69. The maximum atomic E-state index is 4.56. The molecule has 2 unspecified atom stereocenters. The van der Waals surface area contributed by atoms with Crippen LogP contribution < -0.4 is 10.2 Å². The van der Waals surface area contributed by atoms with Crippen molar-refractivity contribution in [3.8, 4) is 0 Å². The molecule has 0 spiro atoms. The molecule has 1 saturated heterocycles. The van der Waals surface area contributed by atoms with Crippen LogP contribution in [0.2, 0.25) is 0 Å². The lowest BCUT2D eigenvalue weighted by molar-refractivity contribution is 0.320. The molecule has 2 atom stereocenters. The fourth-order valence-corrected chi connectivity index (χ4v) is 2.96. The molecule has 2 heterocycles. The summed E-state index contributed by atoms with van der Waals surface area (Å²) in [7, 11) is 0. The molecule has 2 rings (SSSR count). The minimum Gasteiger partial charge on any atom is -0.356 e. The number of nitrogens with zero attached hydrogens (tertiary/aromatic N) is 2. The lowest BCUT2D eigenvalue weighted by atomic mass is 9.91. The van der Waals surface area contributed by atoms with Crippen LogP contribution in [-0.2, 0) is 0 Å². The first-order valence-corrected chi connectivity index (χ1v) is 7.62. The van der Waals surface area contributed by atoms with Crippen LogP contribution in [-0.4, -0.2) is 30.7 Å². The molecule has 106 valence electrons. The number of pyridine rings is 1. The van der Waals surface area contributed by atoms with E-state index in [1.165, 1.54) is 30.6 Å². The van der Waals surface area contributed by atoms with Crippen LogP contribution in [0, 0.1) is 12.8 Å². The molecular formula is C16H27N3. The van der Waals surface area contributed by atoms with Crippen LogP contribution in [0.3, 0.4) is 0 Å². The molecule has 0 bridgehead atoms. The Kier molecular flexibility index (Phi) is 5.20. The van der Waals surface area contributed by atoms with Gasteiger partial charge < -0.3 is 10.2 Å². The van der Waals surface area contributed by atoms with Gasteiger partial charge in [0.25, 0.3) is 0 Å². The summed E-state index contributed by atoms with van der Waals surface area (Å²) >= 11 is 0. The normalized spacial score (nSPS) is 21.4. The summed E-state index contributed by atoms with van der Waals surface area (Å²) in [5, 5.41) is 3.64. The summed E-state index contributed by atoms with van der Waals surface area (Å²) in [6.45, 7) is 10.1. The largest absolute Gasteiger partial charge is 0.356 e. The van der Waals surface area contributed by atoms with Gasteiger partial charge in [0.2, 0.25) is 0 Å². The van der Waals surface area contributed by atoms with E-state index in [4.69, 9.17) is 0 Å². The fraction of sp³-hybridized carbons (Fsp3) is 0.688. The minimum atomic E-state index is 0.603. The first-order chi connectivity index (χ1) is 9.22. The molecule has 0 radical (unpaired) electrons. The quantitative estimate of drug-likeness (QED) is 0.883. The monoisotopic (exact) mass is 261 g/mol. The number of aryl methyl sites for hydroxylation is 1. The van der Waals surface area contributed by atoms with Gasteiger partial charge in [-0.25, -0.2) is 4.98 Å². The standard InChI is InChI=1S/C16H27N3/c1-4-9-17-14(3)15-8-6-11-19(12-15)16-13(2)7-5-10-18-16/h5,7,10,14-15,17H,4,6,8-9,11-12H2,1-3H3. The lowest BCUT2D eigenvalue weighted by Crippen LogP contribution is -2.45. The first kappa shape index (κ1) is 14.3. The second-order valence-corrected chi connectivity index (χ2v) is 5.74. The molecular weight excluding hydrogens is 234 g/mol. The number of piperidine rings is 1. The molecule has 1 N–H and O–H groups in total. The second-order valence-electron chi connectivity index (χ2n) is 5.74. The molecule has 0 amide bonds. The molecule has 0 saturated carbocycles. The van der Waals surface area contributed by atoms with Gasteiger partial charge in [-0.05, 0) is 57.2 Å². The second kappa shape index (κ2) is 6.90. The van der Waals surface area contributed by atoms with Crippen LogP contribution in [0.15, 0.2) is 18.3 Å². The first-order valence-electron chi connectivity index (χ1n) is 7.62. The average Bonchev–Trinajstić information content (AvgIpc) is 2.45. The van der Waals surface area contributed by atoms with Gasteiger partial charge in [-0.3, -0.25) is 0 Å². The van der Waals surface area contributed by atoms with E-state index in [0.717, 1.165) is 25.6 Å². The van der Waals surface area contributed by atoms with Gasteiger partial charge in [0.15, 0.2) is 0 Å². The molecule has 1 aliphatic rings. The van der Waals surface area contributed by atoms with E-state index < -0.39 is 0 Å². The molecule has 0 aliphatic carbocycles. The Morgan fingerprint density at radius 1 is 1.53 bits per heavy atom. The third-order valence-corrected chi connectivity index (χ3v) is 4.16. The SMILES string of the molecule is CCCNC(C)C1CCCN(c2ncccc2C)C1. The van der Waals surface area contributed by atoms with Crippen molar-refractivity contribution < 1.29 is 0 Å². The Labute approximate surface area is 117 Å². The van der Waals surface area contributed by atoms with Gasteiger partial charge in [-0.15, -0.1) is 0 Å². The highest BCUT2D eigenvalue weighted by Crippen LogP contribution is 2.25. The number of aromatic nitrogens is 1. The van der Waals surface area contributed by atoms with Crippen molar-refractivity contribution >= 4 is 5.82 Å². The van der Waals surface area contributed by atoms with Gasteiger partial charge in [0.05, 0.1) is 0 Å². The van der Waals surface area contributed by atoms with Gasteiger partial charge in [0, 0.05) is 25.3 Å². The Morgan fingerprint density at radius 2 is 2.37 bits per heavy atom. The maximum absolute atomic E-state index is 4.56. The van der Waals surface area contributed by atoms with Crippen molar-refractivity contribution in [1.29, 1.82) is 0 Å². The van der Waals surface area contributed by atoms with Crippen LogP contribution in [0.1, 0.15) is 38.7 Å². The van der Waals surface area contributed by atoms with Crippen LogP contribution >= 0.6 is 0 Å². The summed E-state index contributed by atoms with van der Waals surface area (Å²) in [5.74, 6) is 1.91. The van der Waals surface area contributed by atoms with E-state index in [-0.39, 0.29) is 0 Å². The highest BCUT2D eigenvalue weighted by molar-refractivity contribution is 5.46.